The molecule has 108 valence electrons. The van der Waals surface area contributed by atoms with E-state index in [1.165, 1.54) is 31.7 Å². The molecule has 1 aliphatic heterocycles. The highest BCUT2D eigenvalue weighted by Crippen LogP contribution is 2.06. The van der Waals surface area contributed by atoms with E-state index in [1.54, 1.807) is 0 Å². The molecule has 1 fully saturated rings. The molecule has 0 bridgehead atoms. The fraction of sp³-hybridized carbons (Fsp3) is 0.733. The zero-order valence-electron chi connectivity index (χ0n) is 12.4. The van der Waals surface area contributed by atoms with Crippen molar-refractivity contribution in [2.24, 2.45) is 0 Å². The Bertz CT molecular complexity index is 330. The summed E-state index contributed by atoms with van der Waals surface area (Å²) in [4.78, 5) is 8.32. The molecule has 0 radical (unpaired) electrons. The molecule has 2 heterocycles. The lowest BCUT2D eigenvalue weighted by atomic mass is 10.1. The average molecular weight is 264 g/mol. The SMILES string of the molecule is CC(CCN(C)CCc1ccc[nH]1)N1CCNCC1. The second-order valence-electron chi connectivity index (χ2n) is 5.67. The molecule has 4 nitrogen and oxygen atoms in total. The normalized spacial score (nSPS) is 18.9. The quantitative estimate of drug-likeness (QED) is 0.776. The van der Waals surface area contributed by atoms with Crippen molar-refractivity contribution in [1.29, 1.82) is 0 Å². The first-order chi connectivity index (χ1) is 9.25. The number of nitrogens with zero attached hydrogens (tertiary/aromatic N) is 2. The molecule has 19 heavy (non-hydrogen) atoms. The predicted molar refractivity (Wildman–Crippen MR) is 80.5 cm³/mol. The zero-order valence-corrected chi connectivity index (χ0v) is 12.4. The molecule has 2 rings (SSSR count). The van der Waals surface area contributed by atoms with E-state index in [0.717, 1.165) is 26.1 Å². The van der Waals surface area contributed by atoms with Gasteiger partial charge in [-0.25, -0.2) is 0 Å². The highest BCUT2D eigenvalue weighted by Gasteiger charge is 2.16. The number of aromatic amines is 1. The molecule has 0 aliphatic carbocycles. The van der Waals surface area contributed by atoms with Crippen LogP contribution in [0.3, 0.4) is 0 Å². The number of piperazine rings is 1. The molecule has 1 aromatic heterocycles. The van der Waals surface area contributed by atoms with E-state index < -0.39 is 0 Å². The van der Waals surface area contributed by atoms with Gasteiger partial charge < -0.3 is 15.2 Å². The number of H-pyrrole nitrogens is 1. The van der Waals surface area contributed by atoms with Crippen LogP contribution in [0.4, 0.5) is 0 Å². The van der Waals surface area contributed by atoms with Crippen LogP contribution in [0, 0.1) is 0 Å². The Kier molecular flexibility index (Phi) is 5.89. The number of hydrogen-bond acceptors (Lipinski definition) is 3. The highest BCUT2D eigenvalue weighted by molar-refractivity contribution is 5.03. The van der Waals surface area contributed by atoms with Crippen molar-refractivity contribution in [1.82, 2.24) is 20.1 Å². The Morgan fingerprint density at radius 1 is 1.32 bits per heavy atom. The summed E-state index contributed by atoms with van der Waals surface area (Å²) in [6.07, 6.45) is 4.38. The summed E-state index contributed by atoms with van der Waals surface area (Å²) in [5.41, 5.74) is 1.34. The maximum absolute atomic E-state index is 3.41. The standard InChI is InChI=1S/C15H28N4/c1-14(19-12-8-16-9-13-19)5-10-18(2)11-6-15-4-3-7-17-15/h3-4,7,14,16-17H,5-6,8-13H2,1-2H3. The fourth-order valence-corrected chi connectivity index (χ4v) is 2.66. The van der Waals surface area contributed by atoms with Crippen molar-refractivity contribution in [3.63, 3.8) is 0 Å². The van der Waals surface area contributed by atoms with Crippen molar-refractivity contribution in [2.45, 2.75) is 25.8 Å². The minimum Gasteiger partial charge on any atom is -0.365 e. The summed E-state index contributed by atoms with van der Waals surface area (Å²) in [7, 11) is 2.23. The largest absolute Gasteiger partial charge is 0.365 e. The van der Waals surface area contributed by atoms with Gasteiger partial charge in [0.05, 0.1) is 0 Å². The first-order valence-electron chi connectivity index (χ1n) is 7.51. The molecule has 1 atom stereocenters. The summed E-state index contributed by atoms with van der Waals surface area (Å²) in [5, 5.41) is 3.41. The second kappa shape index (κ2) is 7.68. The van der Waals surface area contributed by atoms with E-state index in [0.29, 0.717) is 6.04 Å². The lowest BCUT2D eigenvalue weighted by Gasteiger charge is -2.33. The number of likely N-dealkylation sites (N-methyl/N-ethyl adjacent to an activating group) is 1. The predicted octanol–water partition coefficient (Wildman–Crippen LogP) is 1.17. The van der Waals surface area contributed by atoms with E-state index in [2.05, 4.69) is 46.2 Å². The van der Waals surface area contributed by atoms with E-state index in [-0.39, 0.29) is 0 Å². The van der Waals surface area contributed by atoms with Gasteiger partial charge in [0.15, 0.2) is 0 Å². The summed E-state index contributed by atoms with van der Waals surface area (Å²) < 4.78 is 0. The third kappa shape index (κ3) is 4.97. The molecule has 0 spiro atoms. The maximum Gasteiger partial charge on any atom is 0.0159 e. The number of nitrogens with one attached hydrogen (secondary N) is 2. The van der Waals surface area contributed by atoms with Gasteiger partial charge in [0.1, 0.15) is 0 Å². The van der Waals surface area contributed by atoms with Crippen LogP contribution in [0.5, 0.6) is 0 Å². The second-order valence-corrected chi connectivity index (χ2v) is 5.67. The molecule has 1 saturated heterocycles. The van der Waals surface area contributed by atoms with Crippen LogP contribution in [-0.4, -0.2) is 67.1 Å². The Hall–Kier alpha value is -0.840. The van der Waals surface area contributed by atoms with Gasteiger partial charge in [0, 0.05) is 57.1 Å². The molecule has 2 N–H and O–H groups in total. The summed E-state index contributed by atoms with van der Waals surface area (Å²) in [6.45, 7) is 9.38. The van der Waals surface area contributed by atoms with Crippen LogP contribution in [0.25, 0.3) is 0 Å². The van der Waals surface area contributed by atoms with E-state index in [9.17, 15) is 0 Å². The van der Waals surface area contributed by atoms with Gasteiger partial charge in [-0.2, -0.15) is 0 Å². The van der Waals surface area contributed by atoms with Gasteiger partial charge in [-0.15, -0.1) is 0 Å². The van der Waals surface area contributed by atoms with E-state index in [4.69, 9.17) is 0 Å². The van der Waals surface area contributed by atoms with E-state index >= 15 is 0 Å². The van der Waals surface area contributed by atoms with Crippen LogP contribution in [0.1, 0.15) is 19.0 Å². The fourth-order valence-electron chi connectivity index (χ4n) is 2.66. The number of rotatable bonds is 7. The third-order valence-electron chi connectivity index (χ3n) is 4.13. The molecule has 1 aromatic rings. The Morgan fingerprint density at radius 2 is 2.11 bits per heavy atom. The summed E-state index contributed by atoms with van der Waals surface area (Å²) >= 11 is 0. The molecule has 0 saturated carbocycles. The lowest BCUT2D eigenvalue weighted by Crippen LogP contribution is -2.48. The van der Waals surface area contributed by atoms with Crippen LogP contribution >= 0.6 is 0 Å². The Balaban J connectivity index is 1.60. The minimum absolute atomic E-state index is 0.704. The topological polar surface area (TPSA) is 34.3 Å². The van der Waals surface area contributed by atoms with Crippen LogP contribution < -0.4 is 5.32 Å². The molecule has 0 amide bonds. The number of aromatic nitrogens is 1. The summed E-state index contributed by atoms with van der Waals surface area (Å²) in [6, 6.07) is 4.94. The van der Waals surface area contributed by atoms with Gasteiger partial charge in [-0.1, -0.05) is 0 Å². The van der Waals surface area contributed by atoms with Crippen molar-refractivity contribution in [3.8, 4) is 0 Å². The number of hydrogen-bond donors (Lipinski definition) is 2. The molecule has 1 unspecified atom stereocenters. The average Bonchev–Trinajstić information content (AvgIpc) is 2.96. The van der Waals surface area contributed by atoms with Gasteiger partial charge in [-0.3, -0.25) is 4.90 Å². The molecule has 4 heteroatoms. The Labute approximate surface area is 117 Å². The monoisotopic (exact) mass is 264 g/mol. The van der Waals surface area contributed by atoms with Gasteiger partial charge in [0.2, 0.25) is 0 Å². The minimum atomic E-state index is 0.704. The van der Waals surface area contributed by atoms with Gasteiger partial charge in [0.25, 0.3) is 0 Å². The molecular formula is C15H28N4. The third-order valence-corrected chi connectivity index (χ3v) is 4.13. The Morgan fingerprint density at radius 3 is 2.79 bits per heavy atom. The van der Waals surface area contributed by atoms with Gasteiger partial charge in [-0.05, 0) is 39.1 Å². The molecule has 1 aliphatic rings. The first kappa shape index (κ1) is 14.6. The van der Waals surface area contributed by atoms with Crippen molar-refractivity contribution in [2.75, 3.05) is 46.3 Å². The van der Waals surface area contributed by atoms with Gasteiger partial charge >= 0.3 is 0 Å². The highest BCUT2D eigenvalue weighted by atomic mass is 15.2. The van der Waals surface area contributed by atoms with Crippen molar-refractivity contribution >= 4 is 0 Å². The summed E-state index contributed by atoms with van der Waals surface area (Å²) in [5.74, 6) is 0. The zero-order chi connectivity index (χ0) is 13.5. The maximum atomic E-state index is 3.41. The van der Waals surface area contributed by atoms with Crippen LogP contribution in [-0.2, 0) is 6.42 Å². The molecule has 0 aromatic carbocycles. The van der Waals surface area contributed by atoms with Crippen LogP contribution in [0.15, 0.2) is 18.3 Å². The first-order valence-corrected chi connectivity index (χ1v) is 7.51. The van der Waals surface area contributed by atoms with Crippen molar-refractivity contribution < 1.29 is 0 Å². The smallest absolute Gasteiger partial charge is 0.0159 e. The lowest BCUT2D eigenvalue weighted by molar-refractivity contribution is 0.163. The van der Waals surface area contributed by atoms with Crippen LogP contribution in [0.2, 0.25) is 0 Å². The van der Waals surface area contributed by atoms with E-state index in [1.807, 2.05) is 6.20 Å². The molecular weight excluding hydrogens is 236 g/mol. The van der Waals surface area contributed by atoms with Crippen molar-refractivity contribution in [3.05, 3.63) is 24.0 Å².